The van der Waals surface area contributed by atoms with Crippen LogP contribution in [0.2, 0.25) is 0 Å². The number of anilines is 1. The standard InChI is InChI=1S/C10H11NO4/c1-11(10(14)15-2)8-6-4-3-5-7(8)9(12)13/h3-6H,1-2H3,(H,12,13). The van der Waals surface area contributed by atoms with Gasteiger partial charge >= 0.3 is 12.1 Å². The van der Waals surface area contributed by atoms with Crippen LogP contribution in [0.25, 0.3) is 0 Å². The number of carbonyl (C=O) groups excluding carboxylic acids is 1. The van der Waals surface area contributed by atoms with Crippen LogP contribution in [0.3, 0.4) is 0 Å². The van der Waals surface area contributed by atoms with Gasteiger partial charge in [0, 0.05) is 7.05 Å². The molecule has 0 saturated heterocycles. The van der Waals surface area contributed by atoms with Crippen molar-refractivity contribution in [2.24, 2.45) is 0 Å². The highest BCUT2D eigenvalue weighted by atomic mass is 16.5. The number of carboxylic acid groups (broad SMARTS) is 1. The van der Waals surface area contributed by atoms with Crippen molar-refractivity contribution < 1.29 is 19.4 Å². The average Bonchev–Trinajstić information content (AvgIpc) is 2.27. The van der Waals surface area contributed by atoms with E-state index in [4.69, 9.17) is 5.11 Å². The van der Waals surface area contributed by atoms with Gasteiger partial charge in [-0.2, -0.15) is 0 Å². The van der Waals surface area contributed by atoms with E-state index < -0.39 is 12.1 Å². The van der Waals surface area contributed by atoms with Gasteiger partial charge in [0.1, 0.15) is 0 Å². The van der Waals surface area contributed by atoms with E-state index in [1.54, 1.807) is 18.2 Å². The normalized spacial score (nSPS) is 9.47. The molecule has 0 radical (unpaired) electrons. The lowest BCUT2D eigenvalue weighted by molar-refractivity contribution is 0.0697. The zero-order valence-electron chi connectivity index (χ0n) is 8.43. The smallest absolute Gasteiger partial charge is 0.413 e. The first-order valence-electron chi connectivity index (χ1n) is 4.22. The van der Waals surface area contributed by atoms with Crippen LogP contribution in [0.15, 0.2) is 24.3 Å². The number of hydrogen-bond donors (Lipinski definition) is 1. The van der Waals surface area contributed by atoms with E-state index in [0.717, 1.165) is 4.90 Å². The van der Waals surface area contributed by atoms with E-state index in [2.05, 4.69) is 4.74 Å². The molecule has 15 heavy (non-hydrogen) atoms. The molecule has 0 aliphatic rings. The number of benzene rings is 1. The Morgan fingerprint density at radius 3 is 2.47 bits per heavy atom. The summed E-state index contributed by atoms with van der Waals surface area (Å²) in [6.45, 7) is 0. The lowest BCUT2D eigenvalue weighted by Crippen LogP contribution is -2.27. The number of carbonyl (C=O) groups is 2. The second kappa shape index (κ2) is 4.45. The van der Waals surface area contributed by atoms with Crippen LogP contribution >= 0.6 is 0 Å². The van der Waals surface area contributed by atoms with Crippen LogP contribution in [0.5, 0.6) is 0 Å². The number of methoxy groups -OCH3 is 1. The molecular formula is C10H11NO4. The maximum Gasteiger partial charge on any atom is 0.413 e. The van der Waals surface area contributed by atoms with Crippen LogP contribution in [0.1, 0.15) is 10.4 Å². The van der Waals surface area contributed by atoms with Gasteiger partial charge in [-0.1, -0.05) is 12.1 Å². The van der Waals surface area contributed by atoms with Crippen LogP contribution in [0.4, 0.5) is 10.5 Å². The van der Waals surface area contributed by atoms with Crippen molar-refractivity contribution in [3.05, 3.63) is 29.8 Å². The van der Waals surface area contributed by atoms with E-state index >= 15 is 0 Å². The van der Waals surface area contributed by atoms with E-state index in [9.17, 15) is 9.59 Å². The summed E-state index contributed by atoms with van der Waals surface area (Å²) in [4.78, 5) is 23.2. The molecule has 5 heteroatoms. The third kappa shape index (κ3) is 2.25. The Labute approximate surface area is 86.9 Å². The van der Waals surface area contributed by atoms with Gasteiger partial charge in [0.15, 0.2) is 0 Å². The van der Waals surface area contributed by atoms with Crippen LogP contribution in [-0.4, -0.2) is 31.3 Å². The van der Waals surface area contributed by atoms with Gasteiger partial charge in [-0.3, -0.25) is 4.90 Å². The summed E-state index contributed by atoms with van der Waals surface area (Å²) in [5, 5.41) is 8.89. The summed E-state index contributed by atoms with van der Waals surface area (Å²) in [7, 11) is 2.69. The summed E-state index contributed by atoms with van der Waals surface area (Å²) in [5.41, 5.74) is 0.363. The number of ether oxygens (including phenoxy) is 1. The Kier molecular flexibility index (Phi) is 3.28. The monoisotopic (exact) mass is 209 g/mol. The minimum atomic E-state index is -1.08. The molecule has 0 fully saturated rings. The Bertz CT molecular complexity index is 389. The molecule has 5 nitrogen and oxygen atoms in total. The SMILES string of the molecule is COC(=O)N(C)c1ccccc1C(=O)O. The maximum atomic E-state index is 11.2. The van der Waals surface area contributed by atoms with Gasteiger partial charge in [-0.15, -0.1) is 0 Å². The Morgan fingerprint density at radius 2 is 1.93 bits per heavy atom. The van der Waals surface area contributed by atoms with Crippen LogP contribution in [0, 0.1) is 0 Å². The Morgan fingerprint density at radius 1 is 1.33 bits per heavy atom. The fraction of sp³-hybridized carbons (Fsp3) is 0.200. The number of para-hydroxylation sites is 1. The van der Waals surface area contributed by atoms with Crippen LogP contribution in [-0.2, 0) is 4.74 Å². The molecule has 0 atom stereocenters. The summed E-state index contributed by atoms with van der Waals surface area (Å²) in [5.74, 6) is -1.08. The average molecular weight is 209 g/mol. The van der Waals surface area contributed by atoms with E-state index in [0.29, 0.717) is 5.69 Å². The number of amides is 1. The minimum absolute atomic E-state index is 0.0606. The molecule has 0 aliphatic heterocycles. The lowest BCUT2D eigenvalue weighted by atomic mass is 10.1. The molecule has 0 unspecified atom stereocenters. The van der Waals surface area contributed by atoms with E-state index in [1.807, 2.05) is 0 Å². The Hall–Kier alpha value is -2.04. The van der Waals surface area contributed by atoms with E-state index in [-0.39, 0.29) is 5.56 Å². The molecule has 0 aliphatic carbocycles. The molecule has 80 valence electrons. The van der Waals surface area contributed by atoms with Crippen LogP contribution < -0.4 is 4.90 Å². The largest absolute Gasteiger partial charge is 0.478 e. The molecule has 0 heterocycles. The van der Waals surface area contributed by atoms with Crippen molar-refractivity contribution in [3.8, 4) is 0 Å². The highest BCUT2D eigenvalue weighted by Crippen LogP contribution is 2.19. The van der Waals surface area contributed by atoms with Gasteiger partial charge in [0.25, 0.3) is 0 Å². The van der Waals surface area contributed by atoms with Gasteiger partial charge in [0.05, 0.1) is 18.4 Å². The Balaban J connectivity index is 3.13. The lowest BCUT2D eigenvalue weighted by Gasteiger charge is -2.17. The number of nitrogens with zero attached hydrogens (tertiary/aromatic N) is 1. The molecule has 1 aromatic carbocycles. The predicted molar refractivity (Wildman–Crippen MR) is 54.2 cm³/mol. The highest BCUT2D eigenvalue weighted by Gasteiger charge is 2.17. The first-order valence-corrected chi connectivity index (χ1v) is 4.22. The van der Waals surface area contributed by atoms with Crippen molar-refractivity contribution in [2.75, 3.05) is 19.1 Å². The summed E-state index contributed by atoms with van der Waals surface area (Å²) < 4.78 is 4.50. The fourth-order valence-electron chi connectivity index (χ4n) is 1.18. The number of aromatic carboxylic acids is 1. The molecule has 1 aromatic rings. The molecular weight excluding hydrogens is 198 g/mol. The van der Waals surface area contributed by atoms with Crippen molar-refractivity contribution >= 4 is 17.7 Å². The quantitative estimate of drug-likeness (QED) is 0.803. The second-order valence-electron chi connectivity index (χ2n) is 2.85. The zero-order valence-corrected chi connectivity index (χ0v) is 8.43. The molecule has 0 saturated carbocycles. The number of rotatable bonds is 2. The van der Waals surface area contributed by atoms with E-state index in [1.165, 1.54) is 20.2 Å². The highest BCUT2D eigenvalue weighted by molar-refractivity contribution is 5.99. The minimum Gasteiger partial charge on any atom is -0.478 e. The molecule has 1 rings (SSSR count). The van der Waals surface area contributed by atoms with Gasteiger partial charge in [-0.25, -0.2) is 9.59 Å². The van der Waals surface area contributed by atoms with Crippen molar-refractivity contribution in [1.29, 1.82) is 0 Å². The summed E-state index contributed by atoms with van der Waals surface area (Å²) in [6.07, 6.45) is -0.608. The van der Waals surface area contributed by atoms with Crippen molar-refractivity contribution in [2.45, 2.75) is 0 Å². The third-order valence-electron chi connectivity index (χ3n) is 1.94. The fourth-order valence-corrected chi connectivity index (χ4v) is 1.18. The summed E-state index contributed by atoms with van der Waals surface area (Å²) >= 11 is 0. The molecule has 0 aromatic heterocycles. The zero-order chi connectivity index (χ0) is 11.4. The molecule has 0 bridgehead atoms. The van der Waals surface area contributed by atoms with Gasteiger partial charge in [-0.05, 0) is 12.1 Å². The second-order valence-corrected chi connectivity index (χ2v) is 2.85. The number of carboxylic acids is 1. The molecule has 1 N–H and O–H groups in total. The first kappa shape index (κ1) is 11.0. The molecule has 1 amide bonds. The first-order chi connectivity index (χ1) is 7.07. The number of hydrogen-bond acceptors (Lipinski definition) is 3. The van der Waals surface area contributed by atoms with Gasteiger partial charge in [0.2, 0.25) is 0 Å². The van der Waals surface area contributed by atoms with Crippen molar-refractivity contribution in [1.82, 2.24) is 0 Å². The third-order valence-corrected chi connectivity index (χ3v) is 1.94. The predicted octanol–water partition coefficient (Wildman–Crippen LogP) is 1.59. The van der Waals surface area contributed by atoms with Gasteiger partial charge < -0.3 is 9.84 Å². The van der Waals surface area contributed by atoms with Crippen molar-refractivity contribution in [3.63, 3.8) is 0 Å². The summed E-state index contributed by atoms with van der Waals surface area (Å²) in [6, 6.07) is 6.22. The topological polar surface area (TPSA) is 66.8 Å². The molecule has 0 spiro atoms. The maximum absolute atomic E-state index is 11.2.